The van der Waals surface area contributed by atoms with Gasteiger partial charge >= 0.3 is 6.18 Å². The predicted octanol–water partition coefficient (Wildman–Crippen LogP) is 3.22. The Bertz CT molecular complexity index is 1670. The maximum Gasteiger partial charge on any atom is 0.401 e. The van der Waals surface area contributed by atoms with Crippen LogP contribution in [0.4, 0.5) is 18.9 Å². The number of halogens is 3. The Hall–Kier alpha value is -4.05. The molecule has 1 aliphatic rings. The van der Waals surface area contributed by atoms with Crippen LogP contribution < -0.4 is 21.1 Å². The zero-order chi connectivity index (χ0) is 30.2. The first-order chi connectivity index (χ1) is 19.9. The van der Waals surface area contributed by atoms with Crippen LogP contribution in [0.1, 0.15) is 24.3 Å². The summed E-state index contributed by atoms with van der Waals surface area (Å²) in [4.78, 5) is 11.1. The van der Waals surface area contributed by atoms with Crippen LogP contribution in [0.5, 0.6) is 5.75 Å². The van der Waals surface area contributed by atoms with Crippen LogP contribution in [0, 0.1) is 0 Å². The SMILES string of the molecule is CCOc1ccc(-c2ccc3c(n2)C(N)N(CC(F)(F)F)C(N)N3Cc2ccc(-n3cncn3)cc2)cc1S(C)(=O)=O. The minimum atomic E-state index is -4.57. The fourth-order valence-electron chi connectivity index (χ4n) is 4.83. The molecule has 0 aliphatic carbocycles. The van der Waals surface area contributed by atoms with Gasteiger partial charge in [0.25, 0.3) is 0 Å². The molecule has 0 bridgehead atoms. The number of nitrogens with two attached hydrogens (primary N) is 2. The largest absolute Gasteiger partial charge is 0.493 e. The fourth-order valence-corrected chi connectivity index (χ4v) is 5.67. The van der Waals surface area contributed by atoms with Gasteiger partial charge in [0.1, 0.15) is 35.8 Å². The molecule has 2 aromatic heterocycles. The van der Waals surface area contributed by atoms with Gasteiger partial charge in [0.15, 0.2) is 9.84 Å². The van der Waals surface area contributed by atoms with Gasteiger partial charge in [-0.1, -0.05) is 12.1 Å². The van der Waals surface area contributed by atoms with E-state index in [4.69, 9.17) is 16.2 Å². The highest BCUT2D eigenvalue weighted by Crippen LogP contribution is 2.38. The molecule has 0 fully saturated rings. The lowest BCUT2D eigenvalue weighted by molar-refractivity contribution is -0.158. The molecule has 0 saturated heterocycles. The predicted molar refractivity (Wildman–Crippen MR) is 149 cm³/mol. The Labute approximate surface area is 240 Å². The molecule has 2 atom stereocenters. The average Bonchev–Trinajstić information content (AvgIpc) is 3.48. The summed E-state index contributed by atoms with van der Waals surface area (Å²) >= 11 is 0. The van der Waals surface area contributed by atoms with Crippen molar-refractivity contribution in [2.45, 2.75) is 37.0 Å². The third-order valence-corrected chi connectivity index (χ3v) is 7.90. The minimum Gasteiger partial charge on any atom is -0.493 e. The first-order valence-corrected chi connectivity index (χ1v) is 14.8. The van der Waals surface area contributed by atoms with E-state index in [1.54, 1.807) is 41.0 Å². The molecule has 2 unspecified atom stereocenters. The number of hydrogen-bond donors (Lipinski definition) is 2. The van der Waals surface area contributed by atoms with Crippen molar-refractivity contribution < 1.29 is 26.3 Å². The number of sulfone groups is 1. The summed E-state index contributed by atoms with van der Waals surface area (Å²) in [5, 5.41) is 4.09. The number of pyridine rings is 1. The number of aromatic nitrogens is 4. The Morgan fingerprint density at radius 2 is 1.79 bits per heavy atom. The van der Waals surface area contributed by atoms with Crippen molar-refractivity contribution in [2.24, 2.45) is 11.5 Å². The second-order valence-electron chi connectivity index (χ2n) is 9.75. The Kier molecular flexibility index (Phi) is 7.94. The smallest absolute Gasteiger partial charge is 0.401 e. The number of hydrogen-bond acceptors (Lipinski definition) is 10. The lowest BCUT2D eigenvalue weighted by Crippen LogP contribution is -2.62. The third-order valence-electron chi connectivity index (χ3n) is 6.78. The van der Waals surface area contributed by atoms with Crippen molar-refractivity contribution in [1.29, 1.82) is 0 Å². The fraction of sp³-hybridized carbons (Fsp3) is 0.296. The van der Waals surface area contributed by atoms with Crippen LogP contribution in [0.3, 0.4) is 0 Å². The molecule has 1 aliphatic heterocycles. The highest BCUT2D eigenvalue weighted by atomic mass is 32.2. The molecule has 11 nitrogen and oxygen atoms in total. The molecule has 4 N–H and O–H groups in total. The zero-order valence-electron chi connectivity index (χ0n) is 22.7. The number of anilines is 1. The van der Waals surface area contributed by atoms with E-state index in [-0.39, 0.29) is 29.5 Å². The molecule has 222 valence electrons. The lowest BCUT2D eigenvalue weighted by atomic mass is 10.1. The molecule has 0 spiro atoms. The molecular weight excluding hydrogens is 573 g/mol. The normalized spacial score (nSPS) is 17.7. The van der Waals surface area contributed by atoms with Gasteiger partial charge in [0.05, 0.1) is 35.9 Å². The van der Waals surface area contributed by atoms with Gasteiger partial charge in [-0.2, -0.15) is 18.3 Å². The van der Waals surface area contributed by atoms with E-state index in [1.165, 1.54) is 18.5 Å². The average molecular weight is 603 g/mol. The number of fused-ring (bicyclic) bond motifs is 1. The van der Waals surface area contributed by atoms with Crippen molar-refractivity contribution in [3.05, 3.63) is 78.5 Å². The monoisotopic (exact) mass is 602 g/mol. The molecule has 0 saturated carbocycles. The maximum absolute atomic E-state index is 13.6. The number of benzene rings is 2. The summed E-state index contributed by atoms with van der Waals surface area (Å²) in [7, 11) is -3.66. The maximum atomic E-state index is 13.6. The van der Waals surface area contributed by atoms with Gasteiger partial charge in [-0.25, -0.2) is 28.0 Å². The van der Waals surface area contributed by atoms with Crippen molar-refractivity contribution in [1.82, 2.24) is 24.6 Å². The number of alkyl halides is 3. The van der Waals surface area contributed by atoms with Gasteiger partial charge in [-0.05, 0) is 55.0 Å². The van der Waals surface area contributed by atoms with E-state index in [2.05, 4.69) is 15.1 Å². The van der Waals surface area contributed by atoms with Crippen LogP contribution >= 0.6 is 0 Å². The Morgan fingerprint density at radius 1 is 1.05 bits per heavy atom. The quantitative estimate of drug-likeness (QED) is 0.308. The Morgan fingerprint density at radius 3 is 2.40 bits per heavy atom. The summed E-state index contributed by atoms with van der Waals surface area (Å²) in [6, 6.07) is 15.2. The van der Waals surface area contributed by atoms with Crippen molar-refractivity contribution in [3.63, 3.8) is 0 Å². The van der Waals surface area contributed by atoms with E-state index in [0.29, 0.717) is 16.9 Å². The Balaban J connectivity index is 1.55. The molecule has 3 heterocycles. The molecule has 5 rings (SSSR count). The molecule has 0 radical (unpaired) electrons. The standard InChI is InChI=1S/C27H29F3N8O3S/c1-3-41-22-11-6-18(12-23(22)42(2,39)40)20-9-10-21-24(35-20)25(31)37(14-27(28,29)30)26(32)36(21)13-17-4-7-19(8-5-17)38-16-33-15-34-38/h4-12,15-16,25-26H,3,13-14,31-32H2,1-2H3. The van der Waals surface area contributed by atoms with E-state index >= 15 is 0 Å². The number of ether oxygens (including phenoxy) is 1. The van der Waals surface area contributed by atoms with Crippen LogP contribution in [0.25, 0.3) is 16.9 Å². The summed E-state index contributed by atoms with van der Waals surface area (Å²) in [6.45, 7) is 0.807. The molecule has 2 aromatic carbocycles. The van der Waals surface area contributed by atoms with E-state index in [9.17, 15) is 21.6 Å². The zero-order valence-corrected chi connectivity index (χ0v) is 23.5. The van der Waals surface area contributed by atoms with Gasteiger partial charge in [-0.15, -0.1) is 0 Å². The highest BCUT2D eigenvalue weighted by molar-refractivity contribution is 7.90. The first-order valence-electron chi connectivity index (χ1n) is 12.9. The van der Waals surface area contributed by atoms with Gasteiger partial charge in [0.2, 0.25) is 0 Å². The van der Waals surface area contributed by atoms with Gasteiger partial charge < -0.3 is 15.4 Å². The molecule has 4 aromatic rings. The van der Waals surface area contributed by atoms with Crippen molar-refractivity contribution >= 4 is 15.5 Å². The van der Waals surface area contributed by atoms with E-state index in [0.717, 1.165) is 22.4 Å². The van der Waals surface area contributed by atoms with E-state index < -0.39 is 35.0 Å². The molecule has 15 heteroatoms. The highest BCUT2D eigenvalue weighted by Gasteiger charge is 2.42. The van der Waals surface area contributed by atoms with Crippen LogP contribution in [-0.2, 0) is 16.4 Å². The minimum absolute atomic E-state index is 0.0256. The van der Waals surface area contributed by atoms with Crippen molar-refractivity contribution in [2.75, 3.05) is 24.3 Å². The topological polar surface area (TPSA) is 145 Å². The summed E-state index contributed by atoms with van der Waals surface area (Å²) < 4.78 is 72.8. The van der Waals surface area contributed by atoms with Crippen LogP contribution in [0.2, 0.25) is 0 Å². The third kappa shape index (κ3) is 6.09. The summed E-state index contributed by atoms with van der Waals surface area (Å²) in [5.41, 5.74) is 15.7. The van der Waals surface area contributed by atoms with Gasteiger partial charge in [0, 0.05) is 18.4 Å². The lowest BCUT2D eigenvalue weighted by Gasteiger charge is -2.46. The van der Waals surface area contributed by atoms with Gasteiger partial charge in [-0.3, -0.25) is 5.73 Å². The second-order valence-corrected chi connectivity index (χ2v) is 11.7. The number of rotatable bonds is 8. The van der Waals surface area contributed by atoms with Crippen LogP contribution in [-0.4, -0.2) is 64.9 Å². The second kappa shape index (κ2) is 11.3. The molecule has 42 heavy (non-hydrogen) atoms. The molecular formula is C27H29F3N8O3S. The molecule has 0 amide bonds. The summed E-state index contributed by atoms with van der Waals surface area (Å²) in [5.74, 6) is 0.196. The first kappa shape index (κ1) is 29.4. The van der Waals surface area contributed by atoms with Crippen LogP contribution in [0.15, 0.2) is 72.1 Å². The summed E-state index contributed by atoms with van der Waals surface area (Å²) in [6.07, 6.45) is -3.04. The van der Waals surface area contributed by atoms with E-state index in [1.807, 2.05) is 24.3 Å². The van der Waals surface area contributed by atoms with Crippen molar-refractivity contribution in [3.8, 4) is 22.7 Å². The number of nitrogens with zero attached hydrogens (tertiary/aromatic N) is 6.